The minimum Gasteiger partial charge on any atom is -0.350 e. The molecule has 3 aromatic rings. The third-order valence-corrected chi connectivity index (χ3v) is 7.85. The van der Waals surface area contributed by atoms with E-state index in [1.165, 1.54) is 22.6 Å². The number of aromatic amines is 1. The zero-order chi connectivity index (χ0) is 23.7. The predicted molar refractivity (Wildman–Crippen MR) is 131 cm³/mol. The highest BCUT2D eigenvalue weighted by Crippen LogP contribution is 2.35. The number of hydrogen-bond donors (Lipinski definition) is 2. The zero-order valence-electron chi connectivity index (χ0n) is 19.3. The lowest BCUT2D eigenvalue weighted by Crippen LogP contribution is -2.45. The Labute approximate surface area is 202 Å². The molecule has 0 radical (unpaired) electrons. The molecule has 6 nitrogen and oxygen atoms in total. The Kier molecular flexibility index (Phi) is 6.34. The minimum atomic E-state index is -0.389. The van der Waals surface area contributed by atoms with Crippen LogP contribution in [0.25, 0.3) is 11.0 Å². The summed E-state index contributed by atoms with van der Waals surface area (Å²) in [5.74, 6) is 0.535. The van der Waals surface area contributed by atoms with Crippen molar-refractivity contribution in [3.8, 4) is 0 Å². The third-order valence-electron chi connectivity index (χ3n) is 7.11. The molecule has 2 aromatic carbocycles. The van der Waals surface area contributed by atoms with E-state index in [4.69, 9.17) is 0 Å². The van der Waals surface area contributed by atoms with E-state index in [1.54, 1.807) is 17.8 Å². The quantitative estimate of drug-likeness (QED) is 0.478. The Hall–Kier alpha value is -2.87. The molecular weight excluding hydrogens is 451 g/mol. The number of likely N-dealkylation sites (tertiary alicyclic amines) is 1. The van der Waals surface area contributed by atoms with Gasteiger partial charge in [0.15, 0.2) is 0 Å². The van der Waals surface area contributed by atoms with Gasteiger partial charge in [0, 0.05) is 29.8 Å². The Morgan fingerprint density at radius 3 is 2.82 bits per heavy atom. The number of aromatic nitrogens is 2. The summed E-state index contributed by atoms with van der Waals surface area (Å²) in [7, 11) is 0. The van der Waals surface area contributed by atoms with E-state index >= 15 is 0 Å². The Bertz CT molecular complexity index is 1210. The molecule has 8 heteroatoms. The fourth-order valence-electron chi connectivity index (χ4n) is 5.31. The largest absolute Gasteiger partial charge is 0.350 e. The van der Waals surface area contributed by atoms with Crippen molar-refractivity contribution in [3.63, 3.8) is 0 Å². The van der Waals surface area contributed by atoms with Gasteiger partial charge in [-0.1, -0.05) is 12.1 Å². The summed E-state index contributed by atoms with van der Waals surface area (Å²) < 4.78 is 13.6. The molecule has 3 heterocycles. The van der Waals surface area contributed by atoms with Gasteiger partial charge in [0.05, 0.1) is 17.1 Å². The molecule has 2 amide bonds. The number of rotatable bonds is 7. The van der Waals surface area contributed by atoms with Crippen molar-refractivity contribution < 1.29 is 14.0 Å². The van der Waals surface area contributed by atoms with Crippen LogP contribution in [0.5, 0.6) is 0 Å². The van der Waals surface area contributed by atoms with Crippen molar-refractivity contribution in [2.45, 2.75) is 61.4 Å². The molecule has 5 rings (SSSR count). The van der Waals surface area contributed by atoms with Crippen LogP contribution in [0.3, 0.4) is 0 Å². The average Bonchev–Trinajstić information content (AvgIpc) is 3.56. The summed E-state index contributed by atoms with van der Waals surface area (Å²) in [5.41, 5.74) is 2.13. The number of carbonyl (C=O) groups excluding carboxylic acids is 2. The van der Waals surface area contributed by atoms with E-state index < -0.39 is 0 Å². The number of amides is 2. The summed E-state index contributed by atoms with van der Waals surface area (Å²) in [6.07, 6.45) is 6.73. The van der Waals surface area contributed by atoms with Gasteiger partial charge in [-0.05, 0) is 74.3 Å². The van der Waals surface area contributed by atoms with Crippen molar-refractivity contribution in [1.82, 2.24) is 20.2 Å². The maximum atomic E-state index is 13.6. The third kappa shape index (κ3) is 4.69. The summed E-state index contributed by atoms with van der Waals surface area (Å²) >= 11 is 1.70. The monoisotopic (exact) mass is 480 g/mol. The number of fused-ring (bicyclic) bond motifs is 1. The summed E-state index contributed by atoms with van der Waals surface area (Å²) in [4.78, 5) is 36.4. The first kappa shape index (κ1) is 22.9. The molecule has 34 heavy (non-hydrogen) atoms. The van der Waals surface area contributed by atoms with Gasteiger partial charge in [-0.15, -0.1) is 11.8 Å². The summed E-state index contributed by atoms with van der Waals surface area (Å²) in [5, 5.41) is 3.19. The lowest BCUT2D eigenvalue weighted by Gasteiger charge is -2.31. The van der Waals surface area contributed by atoms with Crippen LogP contribution in [-0.4, -0.2) is 45.0 Å². The van der Waals surface area contributed by atoms with E-state index in [0.29, 0.717) is 42.7 Å². The van der Waals surface area contributed by atoms with Crippen LogP contribution in [0.1, 0.15) is 56.0 Å². The van der Waals surface area contributed by atoms with Gasteiger partial charge < -0.3 is 15.2 Å². The van der Waals surface area contributed by atoms with Crippen molar-refractivity contribution in [2.75, 3.05) is 12.8 Å². The second-order valence-electron chi connectivity index (χ2n) is 9.38. The zero-order valence-corrected chi connectivity index (χ0v) is 20.1. The molecule has 2 saturated heterocycles. The van der Waals surface area contributed by atoms with Gasteiger partial charge in [0.1, 0.15) is 11.6 Å². The standard InChI is InChI=1S/C26H29FN4O2S/c1-34-19-7-4-17(5-8-19)16-26(12-10-23(32)30-26)13-11-24(33)31-14-2-3-22(31)25-28-20-9-6-18(27)15-21(20)29-25/h4-9,15,22H,2-3,10-14,16H2,1H3,(H,28,29)(H,30,32)/t22-,26+/m0/s1. The van der Waals surface area contributed by atoms with Crippen LogP contribution in [0.2, 0.25) is 0 Å². The maximum Gasteiger partial charge on any atom is 0.223 e. The van der Waals surface area contributed by atoms with E-state index in [1.807, 2.05) is 4.90 Å². The second kappa shape index (κ2) is 9.41. The van der Waals surface area contributed by atoms with Crippen LogP contribution >= 0.6 is 11.8 Å². The first-order valence-corrected chi connectivity index (χ1v) is 13.1. The minimum absolute atomic E-state index is 0.0572. The van der Waals surface area contributed by atoms with E-state index in [-0.39, 0.29) is 29.2 Å². The van der Waals surface area contributed by atoms with Gasteiger partial charge in [-0.25, -0.2) is 9.37 Å². The molecule has 0 bridgehead atoms. The molecule has 2 aliphatic rings. The summed E-state index contributed by atoms with van der Waals surface area (Å²) in [6, 6.07) is 12.8. The highest BCUT2D eigenvalue weighted by molar-refractivity contribution is 7.98. The van der Waals surface area contributed by atoms with Crippen LogP contribution in [0.4, 0.5) is 4.39 Å². The highest BCUT2D eigenvalue weighted by Gasteiger charge is 2.39. The molecule has 2 fully saturated rings. The number of nitrogens with zero attached hydrogens (tertiary/aromatic N) is 2. The number of H-pyrrole nitrogens is 1. The predicted octanol–water partition coefficient (Wildman–Crippen LogP) is 4.76. The number of hydrogen-bond acceptors (Lipinski definition) is 4. The van der Waals surface area contributed by atoms with Crippen LogP contribution in [-0.2, 0) is 16.0 Å². The summed E-state index contributed by atoms with van der Waals surface area (Å²) in [6.45, 7) is 0.685. The molecule has 0 aliphatic carbocycles. The molecule has 2 atom stereocenters. The fraction of sp³-hybridized carbons (Fsp3) is 0.423. The van der Waals surface area contributed by atoms with Gasteiger partial charge >= 0.3 is 0 Å². The van der Waals surface area contributed by atoms with Crippen molar-refractivity contribution in [2.24, 2.45) is 0 Å². The topological polar surface area (TPSA) is 78.1 Å². The molecular formula is C26H29FN4O2S. The van der Waals surface area contributed by atoms with Crippen molar-refractivity contribution in [3.05, 3.63) is 59.7 Å². The molecule has 2 aliphatic heterocycles. The van der Waals surface area contributed by atoms with E-state index in [2.05, 4.69) is 45.8 Å². The number of imidazole rings is 1. The Morgan fingerprint density at radius 1 is 1.26 bits per heavy atom. The number of thioether (sulfide) groups is 1. The molecule has 2 N–H and O–H groups in total. The van der Waals surface area contributed by atoms with Crippen molar-refractivity contribution >= 4 is 34.6 Å². The first-order chi connectivity index (χ1) is 16.4. The highest BCUT2D eigenvalue weighted by atomic mass is 32.2. The number of carbonyl (C=O) groups is 2. The molecule has 0 saturated carbocycles. The second-order valence-corrected chi connectivity index (χ2v) is 10.3. The lowest BCUT2D eigenvalue weighted by molar-refractivity contribution is -0.133. The number of nitrogens with one attached hydrogen (secondary N) is 2. The maximum absolute atomic E-state index is 13.6. The van der Waals surface area contributed by atoms with Gasteiger partial charge in [-0.3, -0.25) is 9.59 Å². The molecule has 178 valence electrons. The molecule has 0 spiro atoms. The van der Waals surface area contributed by atoms with E-state index in [9.17, 15) is 14.0 Å². The first-order valence-electron chi connectivity index (χ1n) is 11.8. The van der Waals surface area contributed by atoms with Crippen LogP contribution in [0.15, 0.2) is 47.4 Å². The Balaban J connectivity index is 1.29. The van der Waals surface area contributed by atoms with Gasteiger partial charge in [0.2, 0.25) is 11.8 Å². The lowest BCUT2D eigenvalue weighted by atomic mass is 9.85. The van der Waals surface area contributed by atoms with Crippen molar-refractivity contribution in [1.29, 1.82) is 0 Å². The van der Waals surface area contributed by atoms with Gasteiger partial charge in [-0.2, -0.15) is 0 Å². The molecule has 1 aromatic heterocycles. The Morgan fingerprint density at radius 2 is 2.09 bits per heavy atom. The van der Waals surface area contributed by atoms with Gasteiger partial charge in [0.25, 0.3) is 0 Å². The number of benzene rings is 2. The fourth-order valence-corrected chi connectivity index (χ4v) is 5.72. The van der Waals surface area contributed by atoms with E-state index in [0.717, 1.165) is 25.7 Å². The van der Waals surface area contributed by atoms with Crippen LogP contribution < -0.4 is 5.32 Å². The molecule has 0 unspecified atom stereocenters. The average molecular weight is 481 g/mol. The SMILES string of the molecule is CSc1ccc(C[C@]2(CCC(=O)N3CCC[C@H]3c3nc4ccc(F)cc4[nH]3)CCC(=O)N2)cc1. The van der Waals surface area contributed by atoms with Crippen LogP contribution in [0, 0.1) is 5.82 Å². The smallest absolute Gasteiger partial charge is 0.223 e. The number of halogens is 1. The normalized spacial score (nSPS) is 22.5.